The van der Waals surface area contributed by atoms with Crippen molar-refractivity contribution >= 4 is 21.7 Å². The summed E-state index contributed by atoms with van der Waals surface area (Å²) >= 11 is 3.33. The van der Waals surface area contributed by atoms with Crippen LogP contribution >= 0.6 is 15.9 Å². The smallest absolute Gasteiger partial charge is 0.212 e. The Morgan fingerprint density at radius 3 is 2.57 bits per heavy atom. The van der Waals surface area contributed by atoms with Crippen LogP contribution in [-0.4, -0.2) is 52.1 Å². The topological polar surface area (TPSA) is 54.4 Å². The van der Waals surface area contributed by atoms with Crippen LogP contribution in [0.3, 0.4) is 0 Å². The molecule has 2 aromatic heterocycles. The molecule has 0 radical (unpaired) electrons. The molecule has 3 aliphatic heterocycles. The first-order chi connectivity index (χ1) is 11.2. The lowest BCUT2D eigenvalue weighted by molar-refractivity contribution is -0.00879. The largest absolute Gasteiger partial charge is 0.481 e. The average Bonchev–Trinajstić information content (AvgIpc) is 2.61. The van der Waals surface area contributed by atoms with Crippen LogP contribution in [0.4, 0.5) is 5.82 Å². The number of methoxy groups -OCH3 is 1. The van der Waals surface area contributed by atoms with Crippen molar-refractivity contribution in [2.45, 2.75) is 25.0 Å². The lowest BCUT2D eigenvalue weighted by Crippen LogP contribution is -2.68. The quantitative estimate of drug-likeness (QED) is 0.815. The normalized spacial score (nSPS) is 23.5. The number of rotatable bonds is 4. The van der Waals surface area contributed by atoms with Gasteiger partial charge in [-0.3, -0.25) is 4.90 Å². The first-order valence-corrected chi connectivity index (χ1v) is 8.49. The molecule has 2 aromatic rings. The van der Waals surface area contributed by atoms with Gasteiger partial charge in [-0.2, -0.15) is 0 Å². The zero-order chi connectivity index (χ0) is 15.8. The van der Waals surface area contributed by atoms with E-state index in [1.165, 1.54) is 12.0 Å². The standard InChI is InChI=1S/C16H18BrN5O/c1-23-16-3-2-11(5-20-16)8-22-12-4-13(22)10-21(9-12)15-7-18-14(17)6-19-15/h2-3,5-7,12-13H,4,8-10H2,1H3. The zero-order valence-corrected chi connectivity index (χ0v) is 14.5. The van der Waals surface area contributed by atoms with E-state index in [0.29, 0.717) is 18.0 Å². The molecule has 3 aliphatic rings. The van der Waals surface area contributed by atoms with Crippen molar-refractivity contribution in [2.75, 3.05) is 25.1 Å². The van der Waals surface area contributed by atoms with E-state index in [2.05, 4.69) is 46.7 Å². The van der Waals surface area contributed by atoms with Gasteiger partial charge in [-0.25, -0.2) is 15.0 Å². The lowest BCUT2D eigenvalue weighted by atomic mass is 9.87. The number of pyridine rings is 1. The number of hydrogen-bond acceptors (Lipinski definition) is 6. The summed E-state index contributed by atoms with van der Waals surface area (Å²) < 4.78 is 5.89. The Morgan fingerprint density at radius 2 is 1.96 bits per heavy atom. The summed E-state index contributed by atoms with van der Waals surface area (Å²) in [4.78, 5) is 17.9. The lowest BCUT2D eigenvalue weighted by Gasteiger charge is -2.56. The van der Waals surface area contributed by atoms with Gasteiger partial charge in [0.25, 0.3) is 0 Å². The van der Waals surface area contributed by atoms with Crippen molar-refractivity contribution in [3.8, 4) is 5.88 Å². The van der Waals surface area contributed by atoms with Crippen molar-refractivity contribution in [3.05, 3.63) is 40.9 Å². The van der Waals surface area contributed by atoms with Gasteiger partial charge >= 0.3 is 0 Å². The summed E-state index contributed by atoms with van der Waals surface area (Å²) in [7, 11) is 1.64. The maximum atomic E-state index is 5.11. The summed E-state index contributed by atoms with van der Waals surface area (Å²) in [5, 5.41) is 0. The fourth-order valence-electron chi connectivity index (χ4n) is 3.44. The zero-order valence-electron chi connectivity index (χ0n) is 12.9. The molecule has 0 amide bonds. The molecule has 23 heavy (non-hydrogen) atoms. The van der Waals surface area contributed by atoms with Crippen LogP contribution < -0.4 is 9.64 Å². The third-order valence-electron chi connectivity index (χ3n) is 4.65. The van der Waals surface area contributed by atoms with E-state index in [9.17, 15) is 0 Å². The Bertz CT molecular complexity index is 666. The van der Waals surface area contributed by atoms with Crippen LogP contribution in [0.25, 0.3) is 0 Å². The molecule has 0 aliphatic carbocycles. The van der Waals surface area contributed by atoms with Crippen LogP contribution in [0.1, 0.15) is 12.0 Å². The molecular formula is C16H18BrN5O. The minimum absolute atomic E-state index is 0.585. The third-order valence-corrected chi connectivity index (χ3v) is 5.06. The van der Waals surface area contributed by atoms with Crippen LogP contribution in [-0.2, 0) is 6.54 Å². The molecule has 3 saturated heterocycles. The van der Waals surface area contributed by atoms with E-state index >= 15 is 0 Å². The molecule has 7 heteroatoms. The van der Waals surface area contributed by atoms with Gasteiger partial charge in [0.2, 0.25) is 5.88 Å². The SMILES string of the molecule is COc1ccc(CN2C3CC2CN(c2cnc(Br)cn2)C3)cn1. The average molecular weight is 376 g/mol. The number of ether oxygens (including phenoxy) is 1. The molecule has 0 N–H and O–H groups in total. The number of hydrogen-bond donors (Lipinski definition) is 0. The highest BCUT2D eigenvalue weighted by Crippen LogP contribution is 2.35. The Hall–Kier alpha value is -1.73. The second kappa shape index (κ2) is 6.05. The van der Waals surface area contributed by atoms with Gasteiger partial charge in [-0.05, 0) is 27.9 Å². The summed E-state index contributed by atoms with van der Waals surface area (Å²) in [6.45, 7) is 2.97. The highest BCUT2D eigenvalue weighted by atomic mass is 79.9. The van der Waals surface area contributed by atoms with Crippen LogP contribution in [0.15, 0.2) is 35.3 Å². The van der Waals surface area contributed by atoms with E-state index < -0.39 is 0 Å². The van der Waals surface area contributed by atoms with Crippen molar-refractivity contribution < 1.29 is 4.74 Å². The molecule has 6 nitrogen and oxygen atoms in total. The highest BCUT2D eigenvalue weighted by molar-refractivity contribution is 9.10. The summed E-state index contributed by atoms with van der Waals surface area (Å²) in [6.07, 6.45) is 6.78. The van der Waals surface area contributed by atoms with E-state index in [0.717, 1.165) is 30.1 Å². The number of aromatic nitrogens is 3. The molecular weight excluding hydrogens is 358 g/mol. The summed E-state index contributed by atoms with van der Waals surface area (Å²) in [5.41, 5.74) is 1.23. The summed E-state index contributed by atoms with van der Waals surface area (Å²) in [5.74, 6) is 1.63. The van der Waals surface area contributed by atoms with E-state index in [4.69, 9.17) is 4.74 Å². The number of nitrogens with zero attached hydrogens (tertiary/aromatic N) is 5. The molecule has 2 atom stereocenters. The maximum Gasteiger partial charge on any atom is 0.212 e. The molecule has 0 saturated carbocycles. The molecule has 0 aromatic carbocycles. The predicted octanol–water partition coefficient (Wildman–Crippen LogP) is 2.11. The molecule has 3 fully saturated rings. The Kier molecular flexibility index (Phi) is 3.90. The van der Waals surface area contributed by atoms with Gasteiger partial charge in [-0.15, -0.1) is 0 Å². The van der Waals surface area contributed by atoms with Crippen LogP contribution in [0.5, 0.6) is 5.88 Å². The molecule has 0 spiro atoms. The number of anilines is 1. The van der Waals surface area contributed by atoms with Crippen molar-refractivity contribution in [1.29, 1.82) is 0 Å². The van der Waals surface area contributed by atoms with E-state index in [1.54, 1.807) is 13.3 Å². The molecule has 2 unspecified atom stereocenters. The van der Waals surface area contributed by atoms with E-state index in [1.807, 2.05) is 18.5 Å². The number of fused-ring (bicyclic) bond motifs is 2. The first kappa shape index (κ1) is 14.8. The molecule has 2 bridgehead atoms. The van der Waals surface area contributed by atoms with Gasteiger partial charge < -0.3 is 9.64 Å². The Morgan fingerprint density at radius 1 is 1.13 bits per heavy atom. The molecule has 5 heterocycles. The van der Waals surface area contributed by atoms with Gasteiger partial charge in [-0.1, -0.05) is 6.07 Å². The molecule has 120 valence electrons. The Labute approximate surface area is 143 Å². The van der Waals surface area contributed by atoms with Gasteiger partial charge in [0.05, 0.1) is 19.5 Å². The minimum atomic E-state index is 0.585. The van der Waals surface area contributed by atoms with Gasteiger partial charge in [0.15, 0.2) is 0 Å². The van der Waals surface area contributed by atoms with Crippen molar-refractivity contribution in [1.82, 2.24) is 19.9 Å². The fourth-order valence-corrected chi connectivity index (χ4v) is 3.64. The third kappa shape index (κ3) is 2.90. The van der Waals surface area contributed by atoms with Crippen molar-refractivity contribution in [3.63, 3.8) is 0 Å². The van der Waals surface area contributed by atoms with Gasteiger partial charge in [0, 0.05) is 44.0 Å². The van der Waals surface area contributed by atoms with Crippen LogP contribution in [0, 0.1) is 0 Å². The van der Waals surface area contributed by atoms with E-state index in [-0.39, 0.29) is 0 Å². The second-order valence-corrected chi connectivity index (χ2v) is 6.84. The monoisotopic (exact) mass is 375 g/mol. The number of piperidine rings is 1. The number of halogens is 1. The van der Waals surface area contributed by atoms with Crippen molar-refractivity contribution in [2.24, 2.45) is 0 Å². The second-order valence-electron chi connectivity index (χ2n) is 6.03. The number of piperazine rings is 1. The highest BCUT2D eigenvalue weighted by Gasteiger charge is 2.44. The fraction of sp³-hybridized carbons (Fsp3) is 0.438. The predicted molar refractivity (Wildman–Crippen MR) is 90.5 cm³/mol. The first-order valence-electron chi connectivity index (χ1n) is 7.70. The van der Waals surface area contributed by atoms with Crippen LogP contribution in [0.2, 0.25) is 0 Å². The van der Waals surface area contributed by atoms with Gasteiger partial charge in [0.1, 0.15) is 10.4 Å². The molecule has 5 rings (SSSR count). The minimum Gasteiger partial charge on any atom is -0.481 e. The Balaban J connectivity index is 1.40. The maximum absolute atomic E-state index is 5.11. The summed E-state index contributed by atoms with van der Waals surface area (Å²) in [6, 6.07) is 5.19.